The van der Waals surface area contributed by atoms with Crippen molar-refractivity contribution in [3.05, 3.63) is 303 Å². The maximum absolute atomic E-state index is 12.3. The SMILES string of the molecule is [C-]#[N+]CC1(n2cc(C(N)=O)c(NC(=O)C3CC3)n2)CCN(Cc2ccc(-c3ccc(Cl)cc3)cc2)CC1.[C-]#[N+]CC1(n2cc(C(N)=O)c(NC(=O)C3CC3)n2)CCN(Cc2ccc(-c3ccc(Cl)s3)cc2)CC1.[C-]#[N+]CC1(n2cc(C(N)=O)c(NC(=O)C3CC3)n2)CCN(Cc2ccc(-c3cccc(Cl)c3)cc2)CC1.[C-]#[N+]CC1(n2cc(C(N)=O)c(NC(=O)C3CC3)n2)CCN(Cc2ccc(-c3csc(Cl)c3)cc2)CC1. The zero-order valence-corrected chi connectivity index (χ0v) is 85.1. The van der Waals surface area contributed by atoms with Crippen LogP contribution in [0.15, 0.2) is 194 Å². The molecule has 4 aliphatic heterocycles. The number of likely N-dealkylation sites (tertiary alicyclic amines) is 4. The van der Waals surface area contributed by atoms with Crippen LogP contribution in [-0.4, -0.2) is 185 Å². The van der Waals surface area contributed by atoms with Gasteiger partial charge in [0, 0.05) is 147 Å². The number of anilines is 4. The van der Waals surface area contributed by atoms with Gasteiger partial charge >= 0.3 is 0 Å². The molecule has 0 unspecified atom stereocenters. The highest BCUT2D eigenvalue weighted by Crippen LogP contribution is 2.43. The minimum atomic E-state index is -0.644. The normalized spacial score (nSPS) is 17.3. The fourth-order valence-corrected chi connectivity index (χ4v) is 21.5. The second-order valence-corrected chi connectivity index (χ2v) is 43.3. The van der Waals surface area contributed by atoms with Gasteiger partial charge in [0.25, 0.3) is 23.6 Å². The summed E-state index contributed by atoms with van der Waals surface area (Å²) in [5.41, 5.74) is 33.6. The summed E-state index contributed by atoms with van der Waals surface area (Å²) >= 11 is 27.4. The van der Waals surface area contributed by atoms with E-state index in [1.165, 1.54) is 33.6 Å². The van der Waals surface area contributed by atoms with Crippen LogP contribution in [0, 0.1) is 50.0 Å². The Morgan fingerprint density at radius 1 is 0.329 bits per heavy atom. The van der Waals surface area contributed by atoms with Crippen LogP contribution in [0.25, 0.3) is 63.2 Å². The standard InChI is InChI=1S/2C28H29ClN6O2.2C26H27ClN6O2S/c1-31-18-28(35-17-24(25(30)36)26(33-35)32-27(37)22-6-7-22)12-14-34(15-13-28)16-19-2-4-20(5-3-19)21-8-10-23(29)11-9-21;1-31-18-28(35-17-24(25(30)36)26(33-35)32-27(37)21-9-10-21)11-13-34(14-12-28)16-19-5-7-20(8-6-19)22-3-2-4-23(29)15-22;1-29-16-26(33-14-21(23(28)34)24(31-33)30-25(35)19-6-7-19)8-10-32(11-9-26)13-17-2-4-18(5-3-17)20-12-22(27)36-15-20;1-29-16-26(33-15-20(23(28)34)24(31-33)30-25(35)19-6-7-19)10-12-32(13-11-26)14-17-2-4-18(5-3-17)21-8-9-22(27)36-21/h2-5,8-11,17,22H,6-7,12-16,18H2,(H2,30,36)(H,32,33,37);2-8,15,17,21H,9-14,16,18H2,(H2,30,36)(H,32,33,37);2-5,12,14-15,19H,6-11,13,16H2,(H2,28,34)(H,30,31,35);2-5,8-9,15,19H,6-7,10-14,16H2,(H2,28,34)(H,30,31,35). The summed E-state index contributed by atoms with van der Waals surface area (Å²) in [6, 6.07) is 55.6. The molecule has 20 rings (SSSR count). The highest BCUT2D eigenvalue weighted by Gasteiger charge is 2.48. The Kier molecular flexibility index (Phi) is 32.6. The van der Waals surface area contributed by atoms with Crippen molar-refractivity contribution in [2.45, 2.75) is 151 Å². The lowest BCUT2D eigenvalue weighted by Crippen LogP contribution is -2.47. The van der Waals surface area contributed by atoms with Gasteiger partial charge in [-0.05, 0) is 206 Å². The maximum Gasteiger partial charge on any atom is 0.254 e. The Hall–Kier alpha value is -13.7. The number of hydrogen-bond donors (Lipinski definition) is 8. The van der Waals surface area contributed by atoms with Crippen molar-refractivity contribution in [1.82, 2.24) is 58.7 Å². The third kappa shape index (κ3) is 25.5. The number of hydrogen-bond acceptors (Lipinski definition) is 18. The average Bonchev–Trinajstić information content (AvgIpc) is 1.63. The summed E-state index contributed by atoms with van der Waals surface area (Å²) in [6.45, 7) is 40.7. The van der Waals surface area contributed by atoms with Crippen molar-refractivity contribution < 1.29 is 38.4 Å². The number of nitrogens with zero attached hydrogens (tertiary/aromatic N) is 16. The van der Waals surface area contributed by atoms with E-state index in [4.69, 9.17) is 95.6 Å². The molecular weight excluding hydrogens is 1970 g/mol. The summed E-state index contributed by atoms with van der Waals surface area (Å²) in [4.78, 5) is 123. The van der Waals surface area contributed by atoms with Crippen LogP contribution in [0.5, 0.6) is 0 Å². The van der Waals surface area contributed by atoms with Crippen molar-refractivity contribution in [2.24, 2.45) is 46.6 Å². The molecule has 12 aromatic rings. The van der Waals surface area contributed by atoms with Crippen molar-refractivity contribution in [3.63, 3.8) is 0 Å². The molecule has 0 radical (unpaired) electrons. The van der Waals surface area contributed by atoms with E-state index in [-0.39, 0.29) is 119 Å². The van der Waals surface area contributed by atoms with Gasteiger partial charge in [0.1, 0.15) is 44.4 Å². The number of benzene rings is 6. The van der Waals surface area contributed by atoms with Crippen LogP contribution in [0.4, 0.5) is 23.3 Å². The second kappa shape index (κ2) is 45.9. The zero-order valence-electron chi connectivity index (χ0n) is 80.5. The van der Waals surface area contributed by atoms with Crippen molar-refractivity contribution in [1.29, 1.82) is 0 Å². The second-order valence-electron chi connectivity index (χ2n) is 39.2. The van der Waals surface area contributed by atoms with E-state index in [0.29, 0.717) is 51.4 Å². The van der Waals surface area contributed by atoms with Crippen LogP contribution in [0.2, 0.25) is 18.7 Å². The van der Waals surface area contributed by atoms with Gasteiger partial charge in [-0.3, -0.25) is 76.7 Å². The number of nitrogens with two attached hydrogens (primary N) is 4. The van der Waals surface area contributed by atoms with Crippen molar-refractivity contribution in [3.8, 4) is 43.8 Å². The van der Waals surface area contributed by atoms with Gasteiger partial charge in [-0.15, -0.1) is 22.7 Å². The first-order valence-electron chi connectivity index (χ1n) is 48.9. The molecule has 4 saturated heterocycles. The van der Waals surface area contributed by atoms with E-state index >= 15 is 0 Å². The lowest BCUT2D eigenvalue weighted by molar-refractivity contribution is -0.118. The molecule has 8 fully saturated rings. The topological polar surface area (TPSA) is 390 Å². The third-order valence-electron chi connectivity index (χ3n) is 28.8. The van der Waals surface area contributed by atoms with E-state index in [9.17, 15) is 38.4 Å². The maximum atomic E-state index is 12.3. The molecule has 12 N–H and O–H groups in total. The molecule has 4 saturated carbocycles. The van der Waals surface area contributed by atoms with E-state index in [1.54, 1.807) is 54.9 Å². The molecule has 146 heavy (non-hydrogen) atoms. The summed E-state index contributed by atoms with van der Waals surface area (Å²) < 4.78 is 8.36. The number of piperidine rings is 4. The number of rotatable bonds is 32. The van der Waals surface area contributed by atoms with Crippen LogP contribution < -0.4 is 44.2 Å². The first kappa shape index (κ1) is 104. The predicted molar refractivity (Wildman–Crippen MR) is 568 cm³/mol. The summed E-state index contributed by atoms with van der Waals surface area (Å²) in [5, 5.41) is 32.8. The molecule has 4 aliphatic carbocycles. The minimum absolute atomic E-state index is 0.0199. The Labute approximate surface area is 874 Å². The number of aromatic nitrogens is 8. The number of nitrogens with one attached hydrogen (secondary N) is 4. The first-order valence-corrected chi connectivity index (χ1v) is 52.1. The summed E-state index contributed by atoms with van der Waals surface area (Å²) in [6.07, 6.45) is 18.8. The Balaban J connectivity index is 0.000000133. The lowest BCUT2D eigenvalue weighted by atomic mass is 9.87. The molecule has 6 aromatic heterocycles. The van der Waals surface area contributed by atoms with Gasteiger partial charge in [-0.1, -0.05) is 168 Å². The van der Waals surface area contributed by atoms with Crippen LogP contribution >= 0.6 is 69.1 Å². The molecular formula is C108H112Cl4N24O8S2. The Morgan fingerprint density at radius 3 is 0.849 bits per heavy atom. The van der Waals surface area contributed by atoms with E-state index in [2.05, 4.69) is 183 Å². The smallest absolute Gasteiger partial charge is 0.254 e. The molecule has 8 amide bonds. The van der Waals surface area contributed by atoms with Crippen LogP contribution in [0.3, 0.4) is 0 Å². The zero-order chi connectivity index (χ0) is 103. The van der Waals surface area contributed by atoms with E-state index < -0.39 is 45.8 Å². The molecule has 6 aromatic carbocycles. The third-order valence-corrected chi connectivity index (χ3v) is 31.7. The fraction of sp³-hybridized carbons (Fsp3) is 0.370. The van der Waals surface area contributed by atoms with Crippen LogP contribution in [-0.2, 0) is 67.5 Å². The molecule has 0 bridgehead atoms. The fourth-order valence-electron chi connectivity index (χ4n) is 19.2. The molecule has 8 aliphatic rings. The van der Waals surface area contributed by atoms with E-state index in [1.807, 2.05) is 66.7 Å². The van der Waals surface area contributed by atoms with Gasteiger partial charge in [0.05, 0.1) is 8.67 Å². The van der Waals surface area contributed by atoms with Gasteiger partial charge in [-0.25, -0.2) is 26.3 Å². The number of halogens is 4. The van der Waals surface area contributed by atoms with Crippen molar-refractivity contribution >= 4 is 140 Å². The summed E-state index contributed by atoms with van der Waals surface area (Å²) in [5.74, 6) is -2.43. The number of carbonyl (C=O) groups excluding carboxylic acids is 8. The highest BCUT2D eigenvalue weighted by molar-refractivity contribution is 7.19. The van der Waals surface area contributed by atoms with Gasteiger partial charge in [0.2, 0.25) is 49.8 Å². The molecule has 10 heterocycles. The minimum Gasteiger partial charge on any atom is -0.365 e. The van der Waals surface area contributed by atoms with Crippen molar-refractivity contribution in [2.75, 3.05) is 99.8 Å². The number of primary amides is 4. The Morgan fingerprint density at radius 2 is 0.603 bits per heavy atom. The molecule has 32 nitrogen and oxygen atoms in total. The van der Waals surface area contributed by atoms with Crippen LogP contribution in [0.1, 0.15) is 166 Å². The predicted octanol–water partition coefficient (Wildman–Crippen LogP) is 18.4. The number of thiophene rings is 2. The molecule has 752 valence electrons. The van der Waals surface area contributed by atoms with Gasteiger partial charge in [-0.2, -0.15) is 20.4 Å². The largest absolute Gasteiger partial charge is 0.365 e. The monoisotopic (exact) mass is 2080 g/mol. The number of amides is 8. The quantitative estimate of drug-likeness (QED) is 0.0182. The molecule has 0 spiro atoms. The average molecular weight is 2080 g/mol. The highest BCUT2D eigenvalue weighted by atomic mass is 35.5. The van der Waals surface area contributed by atoms with E-state index in [0.717, 1.165) is 192 Å². The molecule has 0 atom stereocenters. The number of carbonyl (C=O) groups is 8. The lowest BCUT2D eigenvalue weighted by Gasteiger charge is -2.38. The summed E-state index contributed by atoms with van der Waals surface area (Å²) in [7, 11) is 0. The first-order chi connectivity index (χ1) is 70.5. The van der Waals surface area contributed by atoms with Gasteiger partial charge < -0.3 is 63.6 Å². The molecule has 38 heteroatoms. The van der Waals surface area contributed by atoms with Gasteiger partial charge in [0.15, 0.2) is 23.3 Å². The Bertz CT molecular complexity index is 6760.